The van der Waals surface area contributed by atoms with Crippen molar-refractivity contribution in [3.8, 4) is 5.75 Å². The monoisotopic (exact) mass is 438 g/mol. The highest BCUT2D eigenvalue weighted by Crippen LogP contribution is 2.20. The molecule has 1 fully saturated rings. The van der Waals surface area contributed by atoms with Crippen molar-refractivity contribution in [3.63, 3.8) is 0 Å². The molecule has 6 nitrogen and oxygen atoms in total. The Hall–Kier alpha value is -2.57. The van der Waals surface area contributed by atoms with Gasteiger partial charge >= 0.3 is 0 Å². The molecule has 0 aliphatic carbocycles. The van der Waals surface area contributed by atoms with Gasteiger partial charge in [0.05, 0.1) is 6.61 Å². The molecule has 2 unspecified atom stereocenters. The summed E-state index contributed by atoms with van der Waals surface area (Å²) in [7, 11) is 3.54. The van der Waals surface area contributed by atoms with Gasteiger partial charge in [0.2, 0.25) is 0 Å². The number of nitrogens with zero attached hydrogens (tertiary/aromatic N) is 2. The number of likely N-dealkylation sites (tertiary alicyclic amines) is 1. The highest BCUT2D eigenvalue weighted by molar-refractivity contribution is 5.80. The predicted octanol–water partition coefficient (Wildman–Crippen LogP) is 3.82. The summed E-state index contributed by atoms with van der Waals surface area (Å²) in [6, 6.07) is 19.9. The lowest BCUT2D eigenvalue weighted by atomic mass is 9.97. The number of rotatable bonds is 10. The Labute approximate surface area is 193 Å². The number of guanidine groups is 1. The molecule has 1 saturated heterocycles. The van der Waals surface area contributed by atoms with Crippen LogP contribution >= 0.6 is 0 Å². The molecule has 0 saturated carbocycles. The lowest BCUT2D eigenvalue weighted by molar-refractivity contribution is 0.134. The Morgan fingerprint density at radius 3 is 2.66 bits per heavy atom. The van der Waals surface area contributed by atoms with Crippen LogP contribution in [0.2, 0.25) is 0 Å². The van der Waals surface area contributed by atoms with Crippen LogP contribution in [0.4, 0.5) is 0 Å². The first-order valence-corrected chi connectivity index (χ1v) is 11.6. The molecular weight excluding hydrogens is 400 g/mol. The van der Waals surface area contributed by atoms with E-state index in [2.05, 4.69) is 69.9 Å². The van der Waals surface area contributed by atoms with Gasteiger partial charge in [-0.05, 0) is 43.0 Å². The van der Waals surface area contributed by atoms with Crippen LogP contribution in [0, 0.1) is 0 Å². The maximum Gasteiger partial charge on any atom is 0.191 e. The van der Waals surface area contributed by atoms with E-state index >= 15 is 0 Å². The maximum atomic E-state index is 5.81. The highest BCUT2D eigenvalue weighted by Gasteiger charge is 2.25. The van der Waals surface area contributed by atoms with Gasteiger partial charge in [0, 0.05) is 58.9 Å². The summed E-state index contributed by atoms with van der Waals surface area (Å²) in [5.41, 5.74) is 2.55. The zero-order valence-corrected chi connectivity index (χ0v) is 19.7. The van der Waals surface area contributed by atoms with Crippen molar-refractivity contribution in [2.45, 2.75) is 51.4 Å². The van der Waals surface area contributed by atoms with Crippen molar-refractivity contribution < 1.29 is 9.47 Å². The van der Waals surface area contributed by atoms with Crippen LogP contribution in [0.5, 0.6) is 5.75 Å². The molecule has 1 heterocycles. The van der Waals surface area contributed by atoms with Gasteiger partial charge in [0.15, 0.2) is 5.96 Å². The smallest absolute Gasteiger partial charge is 0.191 e. The van der Waals surface area contributed by atoms with Crippen LogP contribution < -0.4 is 15.4 Å². The highest BCUT2D eigenvalue weighted by atomic mass is 16.5. The number of hydrogen-bond acceptors (Lipinski definition) is 4. The zero-order valence-electron chi connectivity index (χ0n) is 19.7. The van der Waals surface area contributed by atoms with Crippen molar-refractivity contribution in [2.75, 3.05) is 33.9 Å². The average Bonchev–Trinajstić information content (AvgIpc) is 2.82. The second kappa shape index (κ2) is 13.1. The fourth-order valence-electron chi connectivity index (χ4n) is 4.12. The minimum absolute atomic E-state index is 0.429. The first-order valence-electron chi connectivity index (χ1n) is 11.6. The number of ether oxygens (including phenoxy) is 2. The number of benzene rings is 2. The van der Waals surface area contributed by atoms with Gasteiger partial charge in [-0.25, -0.2) is 0 Å². The second-order valence-corrected chi connectivity index (χ2v) is 8.44. The van der Waals surface area contributed by atoms with Crippen molar-refractivity contribution in [2.24, 2.45) is 4.99 Å². The van der Waals surface area contributed by atoms with E-state index < -0.39 is 0 Å². The quantitative estimate of drug-likeness (QED) is 0.336. The predicted molar refractivity (Wildman–Crippen MR) is 131 cm³/mol. The van der Waals surface area contributed by atoms with Crippen LogP contribution in [0.1, 0.15) is 37.3 Å². The maximum absolute atomic E-state index is 5.81. The van der Waals surface area contributed by atoms with E-state index in [0.717, 1.165) is 44.1 Å². The molecule has 0 aromatic heterocycles. The molecule has 0 spiro atoms. The third-order valence-corrected chi connectivity index (χ3v) is 5.93. The van der Waals surface area contributed by atoms with Crippen LogP contribution in [-0.4, -0.2) is 56.9 Å². The van der Waals surface area contributed by atoms with Crippen molar-refractivity contribution >= 4 is 5.96 Å². The summed E-state index contributed by atoms with van der Waals surface area (Å²) >= 11 is 0. The molecule has 0 bridgehead atoms. The van der Waals surface area contributed by atoms with Crippen LogP contribution in [0.15, 0.2) is 59.6 Å². The summed E-state index contributed by atoms with van der Waals surface area (Å²) < 4.78 is 10.9. The lowest BCUT2D eigenvalue weighted by Crippen LogP contribution is -2.51. The topological polar surface area (TPSA) is 58.1 Å². The number of methoxy groups -OCH3 is 1. The van der Waals surface area contributed by atoms with Crippen molar-refractivity contribution in [1.82, 2.24) is 15.5 Å². The second-order valence-electron chi connectivity index (χ2n) is 8.44. The molecule has 3 rings (SSSR count). The standard InChI is InChI=1S/C26H38N4O2/c1-21-17-24(13-14-30(21)20-22-9-5-4-6-10-22)29-26(27-2)28-19-23-11-7-12-25(18-23)32-16-8-15-31-3/h4-7,9-12,18,21,24H,8,13-17,19-20H2,1-3H3,(H2,27,28,29). The van der Waals surface area contributed by atoms with E-state index in [-0.39, 0.29) is 0 Å². The molecule has 2 atom stereocenters. The van der Waals surface area contributed by atoms with Gasteiger partial charge in [-0.2, -0.15) is 0 Å². The fourth-order valence-corrected chi connectivity index (χ4v) is 4.12. The molecule has 6 heteroatoms. The molecule has 0 radical (unpaired) electrons. The summed E-state index contributed by atoms with van der Waals surface area (Å²) in [5, 5.41) is 7.07. The number of hydrogen-bond donors (Lipinski definition) is 2. The number of piperidine rings is 1. The van der Waals surface area contributed by atoms with E-state index in [1.165, 1.54) is 11.1 Å². The normalized spacial score (nSPS) is 19.5. The Balaban J connectivity index is 1.43. The first-order chi connectivity index (χ1) is 15.7. The zero-order chi connectivity index (χ0) is 22.6. The Bertz CT molecular complexity index is 828. The third-order valence-electron chi connectivity index (χ3n) is 5.93. The van der Waals surface area contributed by atoms with Crippen molar-refractivity contribution in [3.05, 3.63) is 65.7 Å². The summed E-state index contributed by atoms with van der Waals surface area (Å²) in [4.78, 5) is 7.01. The van der Waals surface area contributed by atoms with Gasteiger partial charge in [-0.3, -0.25) is 9.89 Å². The third kappa shape index (κ3) is 7.84. The van der Waals surface area contributed by atoms with Gasteiger partial charge in [-0.15, -0.1) is 0 Å². The van der Waals surface area contributed by atoms with Gasteiger partial charge in [-0.1, -0.05) is 42.5 Å². The molecule has 0 amide bonds. The molecule has 2 aromatic carbocycles. The van der Waals surface area contributed by atoms with Crippen molar-refractivity contribution in [1.29, 1.82) is 0 Å². The van der Waals surface area contributed by atoms with E-state index in [4.69, 9.17) is 9.47 Å². The minimum atomic E-state index is 0.429. The minimum Gasteiger partial charge on any atom is -0.493 e. The van der Waals surface area contributed by atoms with E-state index in [0.29, 0.717) is 31.8 Å². The van der Waals surface area contributed by atoms with E-state index in [1.807, 2.05) is 19.2 Å². The van der Waals surface area contributed by atoms with E-state index in [1.54, 1.807) is 7.11 Å². The van der Waals surface area contributed by atoms with Gasteiger partial charge in [0.1, 0.15) is 5.75 Å². The molecule has 2 aromatic rings. The Morgan fingerprint density at radius 2 is 1.91 bits per heavy atom. The largest absolute Gasteiger partial charge is 0.493 e. The Morgan fingerprint density at radius 1 is 1.09 bits per heavy atom. The molecular formula is C26H38N4O2. The lowest BCUT2D eigenvalue weighted by Gasteiger charge is -2.38. The number of aliphatic imine (C=N–C) groups is 1. The Kier molecular flexibility index (Phi) is 9.85. The molecule has 1 aliphatic rings. The molecule has 1 aliphatic heterocycles. The molecule has 2 N–H and O–H groups in total. The van der Waals surface area contributed by atoms with E-state index in [9.17, 15) is 0 Å². The van der Waals surface area contributed by atoms with Crippen LogP contribution in [-0.2, 0) is 17.8 Å². The summed E-state index contributed by atoms with van der Waals surface area (Å²) in [6.07, 6.45) is 3.11. The average molecular weight is 439 g/mol. The van der Waals surface area contributed by atoms with Crippen LogP contribution in [0.25, 0.3) is 0 Å². The molecule has 174 valence electrons. The molecule has 32 heavy (non-hydrogen) atoms. The SMILES string of the molecule is CN=C(NCc1cccc(OCCCOC)c1)NC1CCN(Cc2ccccc2)C(C)C1. The van der Waals surface area contributed by atoms with Gasteiger partial charge in [0.25, 0.3) is 0 Å². The summed E-state index contributed by atoms with van der Waals surface area (Å²) in [6.45, 7) is 6.52. The fraction of sp³-hybridized carbons (Fsp3) is 0.500. The van der Waals surface area contributed by atoms with Crippen LogP contribution in [0.3, 0.4) is 0 Å². The number of nitrogens with one attached hydrogen (secondary N) is 2. The van der Waals surface area contributed by atoms with Gasteiger partial charge < -0.3 is 20.1 Å². The first kappa shape index (κ1) is 24.1. The summed E-state index contributed by atoms with van der Waals surface area (Å²) in [5.74, 6) is 1.74.